The lowest BCUT2D eigenvalue weighted by atomic mass is 10.2. The minimum absolute atomic E-state index is 0.0747. The van der Waals surface area contributed by atoms with E-state index in [0.29, 0.717) is 23.8 Å². The van der Waals surface area contributed by atoms with Gasteiger partial charge in [-0.1, -0.05) is 29.8 Å². The van der Waals surface area contributed by atoms with Crippen molar-refractivity contribution in [2.75, 3.05) is 11.4 Å². The lowest BCUT2D eigenvalue weighted by molar-refractivity contribution is 0.0979. The molecule has 1 aromatic carbocycles. The van der Waals surface area contributed by atoms with Crippen LogP contribution in [-0.4, -0.2) is 22.2 Å². The van der Waals surface area contributed by atoms with E-state index in [1.807, 2.05) is 25.1 Å². The van der Waals surface area contributed by atoms with Gasteiger partial charge >= 0.3 is 0 Å². The van der Waals surface area contributed by atoms with E-state index in [0.717, 1.165) is 12.1 Å². The maximum Gasteiger partial charge on any atom is 0.278 e. The summed E-state index contributed by atoms with van der Waals surface area (Å²) >= 11 is 6.09. The van der Waals surface area contributed by atoms with Gasteiger partial charge in [-0.15, -0.1) is 0 Å². The Balaban J connectivity index is 2.00. The number of amides is 1. The quantitative estimate of drug-likeness (QED) is 0.845. The molecule has 1 aromatic heterocycles. The second-order valence-corrected chi connectivity index (χ2v) is 4.90. The van der Waals surface area contributed by atoms with E-state index in [-0.39, 0.29) is 5.91 Å². The number of halogens is 1. The summed E-state index contributed by atoms with van der Waals surface area (Å²) in [6, 6.07) is 7.97. The van der Waals surface area contributed by atoms with Crippen molar-refractivity contribution in [2.45, 2.75) is 19.9 Å². The van der Waals surface area contributed by atoms with E-state index < -0.39 is 0 Å². The molecule has 0 N–H and O–H groups in total. The summed E-state index contributed by atoms with van der Waals surface area (Å²) in [7, 11) is 0. The minimum Gasteiger partial charge on any atom is -0.306 e. The van der Waals surface area contributed by atoms with Gasteiger partial charge in [0.05, 0.1) is 11.2 Å². The van der Waals surface area contributed by atoms with Crippen molar-refractivity contribution in [3.8, 4) is 0 Å². The van der Waals surface area contributed by atoms with Crippen molar-refractivity contribution in [3.05, 3.63) is 46.7 Å². The molecule has 0 atom stereocenters. The summed E-state index contributed by atoms with van der Waals surface area (Å²) in [6.45, 7) is 3.27. The predicted octanol–water partition coefficient (Wildman–Crippen LogP) is 2.76. The van der Waals surface area contributed by atoms with Gasteiger partial charge in [0.25, 0.3) is 5.91 Å². The molecule has 3 rings (SSSR count). The summed E-state index contributed by atoms with van der Waals surface area (Å²) < 4.78 is 1.64. The molecule has 2 aromatic rings. The number of benzene rings is 1. The average molecular weight is 276 g/mol. The van der Waals surface area contributed by atoms with Crippen molar-refractivity contribution in [3.63, 3.8) is 0 Å². The highest BCUT2D eigenvalue weighted by atomic mass is 35.5. The number of hydrogen-bond donors (Lipinski definition) is 0. The Kier molecular flexibility index (Phi) is 3.03. The van der Waals surface area contributed by atoms with Crippen LogP contribution in [0.2, 0.25) is 5.02 Å². The Morgan fingerprint density at radius 2 is 2.21 bits per heavy atom. The number of aromatic nitrogens is 2. The number of anilines is 1. The third kappa shape index (κ3) is 1.92. The summed E-state index contributed by atoms with van der Waals surface area (Å²) in [5.41, 5.74) is 2.66. The van der Waals surface area contributed by atoms with Crippen LogP contribution < -0.4 is 4.90 Å². The van der Waals surface area contributed by atoms with Gasteiger partial charge in [-0.05, 0) is 25.0 Å². The first-order valence-corrected chi connectivity index (χ1v) is 6.71. The molecule has 0 radical (unpaired) electrons. The highest BCUT2D eigenvalue weighted by molar-refractivity contribution is 6.34. The zero-order valence-electron chi connectivity index (χ0n) is 10.6. The topological polar surface area (TPSA) is 38.1 Å². The summed E-state index contributed by atoms with van der Waals surface area (Å²) in [4.78, 5) is 14.4. The van der Waals surface area contributed by atoms with Gasteiger partial charge < -0.3 is 4.90 Å². The third-order valence-electron chi connectivity index (χ3n) is 3.43. The molecular formula is C14H14ClN3O. The molecule has 0 bridgehead atoms. The van der Waals surface area contributed by atoms with Crippen molar-refractivity contribution < 1.29 is 4.79 Å². The lowest BCUT2D eigenvalue weighted by Gasteiger charge is -2.18. The van der Waals surface area contributed by atoms with E-state index in [9.17, 15) is 4.79 Å². The maximum absolute atomic E-state index is 12.7. The van der Waals surface area contributed by atoms with Crippen LogP contribution in [0.5, 0.6) is 0 Å². The van der Waals surface area contributed by atoms with E-state index >= 15 is 0 Å². The fourth-order valence-electron chi connectivity index (χ4n) is 2.49. The summed E-state index contributed by atoms with van der Waals surface area (Å²) in [5, 5.41) is 4.53. The van der Waals surface area contributed by atoms with Crippen molar-refractivity contribution in [1.82, 2.24) is 9.78 Å². The van der Waals surface area contributed by atoms with E-state index in [1.165, 1.54) is 11.8 Å². The number of fused-ring (bicyclic) bond motifs is 1. The molecule has 19 heavy (non-hydrogen) atoms. The molecule has 4 nitrogen and oxygen atoms in total. The molecule has 5 heteroatoms. The minimum atomic E-state index is -0.0747. The Morgan fingerprint density at radius 1 is 1.42 bits per heavy atom. The van der Waals surface area contributed by atoms with Gasteiger partial charge in [0.1, 0.15) is 5.69 Å². The number of hydrogen-bond acceptors (Lipinski definition) is 2. The summed E-state index contributed by atoms with van der Waals surface area (Å²) in [6.07, 6.45) is 2.42. The fourth-order valence-corrected chi connectivity index (χ4v) is 2.71. The predicted molar refractivity (Wildman–Crippen MR) is 74.7 cm³/mol. The zero-order chi connectivity index (χ0) is 13.4. The molecule has 0 saturated heterocycles. The molecule has 0 unspecified atom stereocenters. The number of carbonyl (C=O) groups excluding carboxylic acids is 1. The molecule has 1 amide bonds. The molecule has 0 aliphatic carbocycles. The van der Waals surface area contributed by atoms with Crippen LogP contribution in [0.1, 0.15) is 23.0 Å². The Bertz CT molecular complexity index is 635. The zero-order valence-corrected chi connectivity index (χ0v) is 11.4. The van der Waals surface area contributed by atoms with E-state index in [2.05, 4.69) is 11.2 Å². The second-order valence-electron chi connectivity index (χ2n) is 4.49. The standard InChI is InChI=1S/C14H14ClN3O/c1-2-18-13(11(15)9-16-18)14(19)17-8-7-10-5-3-4-6-12(10)17/h3-6,9H,2,7-8H2,1H3. The first kappa shape index (κ1) is 12.2. The first-order valence-electron chi connectivity index (χ1n) is 6.33. The van der Waals surface area contributed by atoms with Crippen LogP contribution in [0.4, 0.5) is 5.69 Å². The number of aryl methyl sites for hydroxylation is 1. The molecular weight excluding hydrogens is 262 g/mol. The van der Waals surface area contributed by atoms with Gasteiger partial charge in [0.15, 0.2) is 0 Å². The summed E-state index contributed by atoms with van der Waals surface area (Å²) in [5.74, 6) is -0.0747. The molecule has 98 valence electrons. The number of para-hydroxylation sites is 1. The van der Waals surface area contributed by atoms with Crippen LogP contribution >= 0.6 is 11.6 Å². The van der Waals surface area contributed by atoms with E-state index in [1.54, 1.807) is 9.58 Å². The van der Waals surface area contributed by atoms with Crippen LogP contribution in [0.15, 0.2) is 30.5 Å². The SMILES string of the molecule is CCn1ncc(Cl)c1C(=O)N1CCc2ccccc21. The van der Waals surface area contributed by atoms with Crippen molar-refractivity contribution >= 4 is 23.2 Å². The number of carbonyl (C=O) groups is 1. The lowest BCUT2D eigenvalue weighted by Crippen LogP contribution is -2.31. The average Bonchev–Trinajstić information content (AvgIpc) is 3.01. The Labute approximate surface area is 116 Å². The third-order valence-corrected chi connectivity index (χ3v) is 3.71. The van der Waals surface area contributed by atoms with E-state index in [4.69, 9.17) is 11.6 Å². The molecule has 0 fully saturated rings. The molecule has 1 aliphatic heterocycles. The monoisotopic (exact) mass is 275 g/mol. The van der Waals surface area contributed by atoms with Crippen LogP contribution in [0, 0.1) is 0 Å². The van der Waals surface area contributed by atoms with Crippen LogP contribution in [0.3, 0.4) is 0 Å². The normalized spacial score (nSPS) is 13.7. The highest BCUT2D eigenvalue weighted by Crippen LogP contribution is 2.30. The van der Waals surface area contributed by atoms with Gasteiger partial charge in [-0.25, -0.2) is 0 Å². The Hall–Kier alpha value is -1.81. The van der Waals surface area contributed by atoms with Gasteiger partial charge in [0.2, 0.25) is 0 Å². The maximum atomic E-state index is 12.7. The molecule has 0 spiro atoms. The first-order chi connectivity index (χ1) is 9.22. The smallest absolute Gasteiger partial charge is 0.278 e. The fraction of sp³-hybridized carbons (Fsp3) is 0.286. The Morgan fingerprint density at radius 3 is 3.00 bits per heavy atom. The van der Waals surface area contributed by atoms with Crippen molar-refractivity contribution in [2.24, 2.45) is 0 Å². The van der Waals surface area contributed by atoms with Gasteiger partial charge in [0, 0.05) is 18.8 Å². The van der Waals surface area contributed by atoms with Gasteiger partial charge in [-0.3, -0.25) is 9.48 Å². The number of rotatable bonds is 2. The van der Waals surface area contributed by atoms with Crippen LogP contribution in [-0.2, 0) is 13.0 Å². The van der Waals surface area contributed by atoms with Gasteiger partial charge in [-0.2, -0.15) is 5.10 Å². The molecule has 1 aliphatic rings. The second kappa shape index (κ2) is 4.70. The van der Waals surface area contributed by atoms with Crippen molar-refractivity contribution in [1.29, 1.82) is 0 Å². The highest BCUT2D eigenvalue weighted by Gasteiger charge is 2.28. The van der Waals surface area contributed by atoms with Crippen LogP contribution in [0.25, 0.3) is 0 Å². The molecule has 0 saturated carbocycles. The largest absolute Gasteiger partial charge is 0.306 e. The number of nitrogens with zero attached hydrogens (tertiary/aromatic N) is 3. The molecule has 2 heterocycles.